The van der Waals surface area contributed by atoms with Crippen LogP contribution in [0.1, 0.15) is 29.1 Å². The normalized spacial score (nSPS) is 14.8. The van der Waals surface area contributed by atoms with Crippen LogP contribution in [0.2, 0.25) is 0 Å². The van der Waals surface area contributed by atoms with E-state index in [4.69, 9.17) is 8.83 Å². The minimum Gasteiger partial charge on any atom is -0.464 e. The second-order valence-corrected chi connectivity index (χ2v) is 6.88. The number of piperidine rings is 1. The van der Waals surface area contributed by atoms with Crippen LogP contribution in [-0.4, -0.2) is 34.8 Å². The van der Waals surface area contributed by atoms with E-state index in [1.807, 2.05) is 36.4 Å². The molecule has 2 amide bonds. The number of nitrogens with one attached hydrogen (secondary N) is 1. The number of rotatable bonds is 4. The molecule has 0 atom stereocenters. The molecule has 1 aromatic carbocycles. The van der Waals surface area contributed by atoms with E-state index < -0.39 is 0 Å². The predicted molar refractivity (Wildman–Crippen MR) is 103 cm³/mol. The fourth-order valence-electron chi connectivity index (χ4n) is 3.43. The van der Waals surface area contributed by atoms with Gasteiger partial charge in [0, 0.05) is 30.3 Å². The molecule has 0 saturated carbocycles. The zero-order valence-corrected chi connectivity index (χ0v) is 15.6. The fraction of sp³-hybridized carbons (Fsp3) is 0.286. The van der Waals surface area contributed by atoms with E-state index in [0.717, 1.165) is 17.0 Å². The van der Waals surface area contributed by atoms with Crippen molar-refractivity contribution in [2.45, 2.75) is 19.8 Å². The van der Waals surface area contributed by atoms with E-state index in [1.54, 1.807) is 18.1 Å². The number of hydrogen-bond donors (Lipinski definition) is 1. The summed E-state index contributed by atoms with van der Waals surface area (Å²) >= 11 is 0. The summed E-state index contributed by atoms with van der Waals surface area (Å²) < 4.78 is 10.6. The van der Waals surface area contributed by atoms with Crippen LogP contribution >= 0.6 is 0 Å². The van der Waals surface area contributed by atoms with Gasteiger partial charge in [0.05, 0.1) is 12.0 Å². The Hall–Kier alpha value is -3.35. The maximum absolute atomic E-state index is 12.7. The molecule has 4 rings (SSSR count). The van der Waals surface area contributed by atoms with Crippen molar-refractivity contribution in [2.75, 3.05) is 18.4 Å². The first kappa shape index (κ1) is 18.0. The zero-order chi connectivity index (χ0) is 19.5. The van der Waals surface area contributed by atoms with Gasteiger partial charge in [0.2, 0.25) is 11.7 Å². The van der Waals surface area contributed by atoms with Crippen molar-refractivity contribution in [3.05, 3.63) is 60.5 Å². The summed E-state index contributed by atoms with van der Waals surface area (Å²) in [4.78, 5) is 30.8. The van der Waals surface area contributed by atoms with Crippen LogP contribution in [0.15, 0.2) is 57.9 Å². The smallest absolute Gasteiger partial charge is 0.291 e. The van der Waals surface area contributed by atoms with Crippen LogP contribution in [0, 0.1) is 12.8 Å². The highest BCUT2D eigenvalue weighted by molar-refractivity contribution is 5.94. The lowest BCUT2D eigenvalue weighted by Gasteiger charge is -2.30. The maximum Gasteiger partial charge on any atom is 0.291 e. The second kappa shape index (κ2) is 7.72. The average Bonchev–Trinajstić information content (AvgIpc) is 3.40. The second-order valence-electron chi connectivity index (χ2n) is 6.88. The minimum atomic E-state index is -0.167. The topological polar surface area (TPSA) is 88.6 Å². The molecule has 3 heterocycles. The Morgan fingerprint density at radius 3 is 2.64 bits per heavy atom. The van der Waals surface area contributed by atoms with Crippen LogP contribution in [-0.2, 0) is 4.79 Å². The fourth-order valence-corrected chi connectivity index (χ4v) is 3.43. The van der Waals surface area contributed by atoms with Crippen molar-refractivity contribution in [1.82, 2.24) is 9.88 Å². The van der Waals surface area contributed by atoms with Crippen LogP contribution in [0.4, 0.5) is 5.69 Å². The summed E-state index contributed by atoms with van der Waals surface area (Å²) in [5, 5.41) is 2.98. The molecular weight excluding hydrogens is 358 g/mol. The number of aromatic nitrogens is 1. The lowest BCUT2D eigenvalue weighted by Crippen LogP contribution is -2.41. The highest BCUT2D eigenvalue weighted by Crippen LogP contribution is 2.25. The van der Waals surface area contributed by atoms with Gasteiger partial charge >= 0.3 is 0 Å². The Labute approximate surface area is 162 Å². The van der Waals surface area contributed by atoms with Crippen molar-refractivity contribution >= 4 is 17.5 Å². The number of oxazole rings is 1. The molecule has 0 radical (unpaired) electrons. The Morgan fingerprint density at radius 2 is 1.96 bits per heavy atom. The van der Waals surface area contributed by atoms with Gasteiger partial charge in [0.25, 0.3) is 5.91 Å². The van der Waals surface area contributed by atoms with E-state index in [-0.39, 0.29) is 23.5 Å². The number of aryl methyl sites for hydroxylation is 1. The summed E-state index contributed by atoms with van der Waals surface area (Å²) in [7, 11) is 0. The van der Waals surface area contributed by atoms with Gasteiger partial charge in [-0.25, -0.2) is 4.98 Å². The van der Waals surface area contributed by atoms with Crippen molar-refractivity contribution in [3.63, 3.8) is 0 Å². The first-order valence-electron chi connectivity index (χ1n) is 9.26. The van der Waals surface area contributed by atoms with Crippen LogP contribution in [0.5, 0.6) is 0 Å². The van der Waals surface area contributed by atoms with Crippen LogP contribution in [0.25, 0.3) is 11.3 Å². The highest BCUT2D eigenvalue weighted by Gasteiger charge is 2.29. The number of likely N-dealkylation sites (tertiary alicyclic amines) is 1. The summed E-state index contributed by atoms with van der Waals surface area (Å²) in [6.07, 6.45) is 4.13. The molecule has 0 aliphatic carbocycles. The molecule has 0 spiro atoms. The Bertz CT molecular complexity index is 969. The van der Waals surface area contributed by atoms with Gasteiger partial charge in [0.1, 0.15) is 5.76 Å². The molecule has 0 bridgehead atoms. The van der Waals surface area contributed by atoms with E-state index in [1.165, 1.54) is 6.39 Å². The van der Waals surface area contributed by atoms with E-state index in [2.05, 4.69) is 10.3 Å². The van der Waals surface area contributed by atoms with Gasteiger partial charge < -0.3 is 19.1 Å². The molecule has 2 aromatic heterocycles. The van der Waals surface area contributed by atoms with Gasteiger partial charge in [-0.05, 0) is 44.0 Å². The monoisotopic (exact) mass is 379 g/mol. The molecule has 1 N–H and O–H groups in total. The molecule has 0 unspecified atom stereocenters. The zero-order valence-electron chi connectivity index (χ0n) is 15.6. The summed E-state index contributed by atoms with van der Waals surface area (Å²) in [6.45, 7) is 2.78. The third-order valence-electron chi connectivity index (χ3n) is 5.03. The van der Waals surface area contributed by atoms with Crippen LogP contribution in [0.3, 0.4) is 0 Å². The molecule has 1 aliphatic heterocycles. The van der Waals surface area contributed by atoms with Gasteiger partial charge in [-0.3, -0.25) is 9.59 Å². The van der Waals surface area contributed by atoms with Gasteiger partial charge in [-0.2, -0.15) is 0 Å². The number of carbonyl (C=O) groups is 2. The van der Waals surface area contributed by atoms with E-state index in [9.17, 15) is 9.59 Å². The number of anilines is 1. The number of furan rings is 1. The average molecular weight is 379 g/mol. The molecular formula is C21H21N3O4. The predicted octanol–water partition coefficient (Wildman–Crippen LogP) is 3.73. The van der Waals surface area contributed by atoms with Gasteiger partial charge in [0.15, 0.2) is 6.39 Å². The molecule has 28 heavy (non-hydrogen) atoms. The first-order chi connectivity index (χ1) is 13.6. The minimum absolute atomic E-state index is 0.0282. The third kappa shape index (κ3) is 3.69. The quantitative estimate of drug-likeness (QED) is 0.746. The lowest BCUT2D eigenvalue weighted by atomic mass is 9.95. The summed E-state index contributed by atoms with van der Waals surface area (Å²) in [6, 6.07) is 11.3. The molecule has 7 heteroatoms. The number of hydrogen-bond acceptors (Lipinski definition) is 5. The molecule has 1 fully saturated rings. The summed E-state index contributed by atoms with van der Waals surface area (Å²) in [5.74, 6) is 0.704. The van der Waals surface area contributed by atoms with Crippen LogP contribution < -0.4 is 5.32 Å². The Balaban J connectivity index is 1.35. The lowest BCUT2D eigenvalue weighted by molar-refractivity contribution is -0.121. The number of benzene rings is 1. The van der Waals surface area contributed by atoms with Gasteiger partial charge in [-0.15, -0.1) is 0 Å². The Morgan fingerprint density at radius 1 is 1.14 bits per heavy atom. The number of carbonyl (C=O) groups excluding carboxylic acids is 2. The largest absolute Gasteiger partial charge is 0.464 e. The maximum atomic E-state index is 12.7. The van der Waals surface area contributed by atoms with Crippen molar-refractivity contribution in [3.8, 4) is 11.3 Å². The highest BCUT2D eigenvalue weighted by atomic mass is 16.4. The van der Waals surface area contributed by atoms with Crippen molar-refractivity contribution in [1.29, 1.82) is 0 Å². The molecule has 144 valence electrons. The standard InChI is InChI=1S/C21H21N3O4/c1-14-19(28-13-22-14)21(26)24-9-7-15(8-10-24)20(25)23-17-5-2-4-16(12-17)18-6-3-11-27-18/h2-6,11-13,15H,7-10H2,1H3,(H,23,25). The molecule has 1 aliphatic rings. The molecule has 1 saturated heterocycles. The summed E-state index contributed by atoms with van der Waals surface area (Å²) in [5.41, 5.74) is 2.22. The molecule has 3 aromatic rings. The molecule has 7 nitrogen and oxygen atoms in total. The van der Waals surface area contributed by atoms with Gasteiger partial charge in [-0.1, -0.05) is 12.1 Å². The van der Waals surface area contributed by atoms with E-state index >= 15 is 0 Å². The van der Waals surface area contributed by atoms with Crippen molar-refractivity contribution in [2.24, 2.45) is 5.92 Å². The Kier molecular flexibility index (Phi) is 4.97. The number of amides is 2. The third-order valence-corrected chi connectivity index (χ3v) is 5.03. The van der Waals surface area contributed by atoms with Crippen molar-refractivity contribution < 1.29 is 18.4 Å². The first-order valence-corrected chi connectivity index (χ1v) is 9.26. The van der Waals surface area contributed by atoms with E-state index in [0.29, 0.717) is 31.6 Å². The SMILES string of the molecule is Cc1ncoc1C(=O)N1CCC(C(=O)Nc2cccc(-c3ccco3)c2)CC1. The number of nitrogens with zero attached hydrogens (tertiary/aromatic N) is 2.